The number of carbonyl (C=O) groups excluding carboxylic acids is 1. The van der Waals surface area contributed by atoms with Crippen LogP contribution in [0.1, 0.15) is 24.3 Å². The van der Waals surface area contributed by atoms with E-state index in [1.165, 1.54) is 0 Å². The molecule has 0 spiro atoms. The number of ketones is 1. The van der Waals surface area contributed by atoms with Crippen LogP contribution in [0.15, 0.2) is 10.7 Å². The summed E-state index contributed by atoms with van der Waals surface area (Å²) in [6.45, 7) is 4.13. The summed E-state index contributed by atoms with van der Waals surface area (Å²) in [6.07, 6.45) is 1.18. The largest absolute Gasteiger partial charge is 0.371 e. The monoisotopic (exact) mass is 260 g/mol. The lowest BCUT2D eigenvalue weighted by molar-refractivity contribution is 0.0511. The first-order valence-electron chi connectivity index (χ1n) is 4.41. The molecular weight excluding hydrogens is 248 g/mol. The predicted octanol–water partition coefficient (Wildman–Crippen LogP) is 1.79. The maximum atomic E-state index is 11.8. The molecule has 0 aliphatic rings. The number of hydrogen-bond acceptors (Lipinski definition) is 3. The van der Waals surface area contributed by atoms with Crippen LogP contribution in [0.4, 0.5) is 0 Å². The number of aromatic nitrogens is 2. The van der Waals surface area contributed by atoms with Crippen molar-refractivity contribution in [1.29, 1.82) is 0 Å². The van der Waals surface area contributed by atoms with E-state index in [4.69, 9.17) is 4.74 Å². The van der Waals surface area contributed by atoms with Gasteiger partial charge in [-0.3, -0.25) is 9.48 Å². The fourth-order valence-electron chi connectivity index (χ4n) is 1.21. The van der Waals surface area contributed by atoms with Crippen LogP contribution in [0.5, 0.6) is 0 Å². The first kappa shape index (κ1) is 11.4. The number of Topliss-reactive ketones (excluding diaryl/α,β-unsaturated/α-hetero) is 1. The number of ether oxygens (including phenoxy) is 1. The second kappa shape index (κ2) is 4.70. The zero-order valence-electron chi connectivity index (χ0n) is 8.45. The van der Waals surface area contributed by atoms with Crippen LogP contribution in [0.25, 0.3) is 0 Å². The van der Waals surface area contributed by atoms with Gasteiger partial charge in [0.2, 0.25) is 5.78 Å². The molecule has 0 aliphatic heterocycles. The topological polar surface area (TPSA) is 44.1 Å². The molecule has 4 nitrogen and oxygen atoms in total. The van der Waals surface area contributed by atoms with Crippen molar-refractivity contribution < 1.29 is 9.53 Å². The highest BCUT2D eigenvalue weighted by Gasteiger charge is 2.21. The molecule has 78 valence electrons. The zero-order chi connectivity index (χ0) is 10.7. The van der Waals surface area contributed by atoms with Crippen molar-refractivity contribution in [2.45, 2.75) is 20.0 Å². The molecule has 1 rings (SSSR count). The van der Waals surface area contributed by atoms with E-state index in [-0.39, 0.29) is 5.78 Å². The zero-order valence-corrected chi connectivity index (χ0v) is 10.0. The minimum absolute atomic E-state index is 0.0567. The van der Waals surface area contributed by atoms with Gasteiger partial charge in [-0.1, -0.05) is 0 Å². The van der Waals surface area contributed by atoms with Crippen LogP contribution < -0.4 is 0 Å². The van der Waals surface area contributed by atoms with Crippen molar-refractivity contribution in [3.05, 3.63) is 16.4 Å². The van der Waals surface area contributed by atoms with E-state index in [1.54, 1.807) is 24.9 Å². The summed E-state index contributed by atoms with van der Waals surface area (Å²) < 4.78 is 7.47. The van der Waals surface area contributed by atoms with Crippen molar-refractivity contribution in [2.24, 2.45) is 7.05 Å². The Hall–Kier alpha value is -0.680. The van der Waals surface area contributed by atoms with Crippen molar-refractivity contribution in [2.75, 3.05) is 6.61 Å². The van der Waals surface area contributed by atoms with Gasteiger partial charge in [0.15, 0.2) is 0 Å². The summed E-state index contributed by atoms with van der Waals surface area (Å²) in [6, 6.07) is 0. The molecule has 1 unspecified atom stereocenters. The lowest BCUT2D eigenvalue weighted by atomic mass is 10.2. The molecule has 0 amide bonds. The fraction of sp³-hybridized carbons (Fsp3) is 0.556. The van der Waals surface area contributed by atoms with Gasteiger partial charge in [0.1, 0.15) is 11.8 Å². The van der Waals surface area contributed by atoms with E-state index in [1.807, 2.05) is 6.92 Å². The highest BCUT2D eigenvalue weighted by Crippen LogP contribution is 2.17. The van der Waals surface area contributed by atoms with Gasteiger partial charge in [0, 0.05) is 13.7 Å². The SMILES string of the molecule is CCOC(C)C(=O)c1c(Br)cnn1C. The first-order valence-corrected chi connectivity index (χ1v) is 5.20. The van der Waals surface area contributed by atoms with E-state index < -0.39 is 6.10 Å². The quantitative estimate of drug-likeness (QED) is 0.776. The second-order valence-corrected chi connectivity index (χ2v) is 3.78. The Bertz CT molecular complexity index is 316. The Labute approximate surface area is 91.4 Å². The summed E-state index contributed by atoms with van der Waals surface area (Å²) in [5, 5.41) is 3.97. The van der Waals surface area contributed by atoms with Crippen molar-refractivity contribution in [3.8, 4) is 0 Å². The van der Waals surface area contributed by atoms with E-state index in [0.29, 0.717) is 16.8 Å². The second-order valence-electron chi connectivity index (χ2n) is 2.93. The molecule has 0 fully saturated rings. The molecule has 14 heavy (non-hydrogen) atoms. The number of rotatable bonds is 4. The normalized spacial score (nSPS) is 12.9. The van der Waals surface area contributed by atoms with Gasteiger partial charge in [-0.15, -0.1) is 0 Å². The Morgan fingerprint density at radius 1 is 1.79 bits per heavy atom. The Balaban J connectivity index is 2.88. The van der Waals surface area contributed by atoms with Crippen molar-refractivity contribution in [1.82, 2.24) is 9.78 Å². The Kier molecular flexibility index (Phi) is 3.83. The summed E-state index contributed by atoms with van der Waals surface area (Å²) in [5.41, 5.74) is 0.547. The van der Waals surface area contributed by atoms with Crippen LogP contribution in [0, 0.1) is 0 Å². The van der Waals surface area contributed by atoms with Crippen molar-refractivity contribution in [3.63, 3.8) is 0 Å². The molecule has 5 heteroatoms. The van der Waals surface area contributed by atoms with Gasteiger partial charge in [0.05, 0.1) is 10.7 Å². The fourth-order valence-corrected chi connectivity index (χ4v) is 1.75. The molecule has 0 aliphatic carbocycles. The van der Waals surface area contributed by atoms with Crippen LogP contribution in [0.2, 0.25) is 0 Å². The lowest BCUT2D eigenvalue weighted by Gasteiger charge is -2.10. The van der Waals surface area contributed by atoms with Crippen LogP contribution in [-0.2, 0) is 11.8 Å². The van der Waals surface area contributed by atoms with Crippen LogP contribution in [-0.4, -0.2) is 28.3 Å². The molecular formula is C9H13BrN2O2. The molecule has 0 saturated carbocycles. The van der Waals surface area contributed by atoms with Gasteiger partial charge in [-0.25, -0.2) is 0 Å². The summed E-state index contributed by atoms with van der Waals surface area (Å²) in [5.74, 6) is -0.0567. The third-order valence-electron chi connectivity index (χ3n) is 1.91. The molecule has 1 aromatic rings. The maximum Gasteiger partial charge on any atom is 0.210 e. The summed E-state index contributed by atoms with van der Waals surface area (Å²) in [7, 11) is 1.73. The predicted molar refractivity (Wildman–Crippen MR) is 56.3 cm³/mol. The number of carbonyl (C=O) groups is 1. The van der Waals surface area contributed by atoms with Gasteiger partial charge in [-0.2, -0.15) is 5.10 Å². The molecule has 0 aromatic carbocycles. The Morgan fingerprint density at radius 2 is 2.43 bits per heavy atom. The number of halogens is 1. The molecule has 0 bridgehead atoms. The van der Waals surface area contributed by atoms with Gasteiger partial charge < -0.3 is 4.74 Å². The van der Waals surface area contributed by atoms with Gasteiger partial charge >= 0.3 is 0 Å². The minimum atomic E-state index is -0.424. The summed E-state index contributed by atoms with van der Waals surface area (Å²) >= 11 is 3.28. The first-order chi connectivity index (χ1) is 6.57. The molecule has 1 aromatic heterocycles. The van der Waals surface area contributed by atoms with E-state index in [9.17, 15) is 4.79 Å². The van der Waals surface area contributed by atoms with Crippen LogP contribution >= 0.6 is 15.9 Å². The third kappa shape index (κ3) is 2.22. The number of hydrogen-bond donors (Lipinski definition) is 0. The third-order valence-corrected chi connectivity index (χ3v) is 2.49. The highest BCUT2D eigenvalue weighted by molar-refractivity contribution is 9.10. The van der Waals surface area contributed by atoms with E-state index in [0.717, 1.165) is 0 Å². The van der Waals surface area contributed by atoms with E-state index >= 15 is 0 Å². The average Bonchev–Trinajstić information content (AvgIpc) is 2.46. The van der Waals surface area contributed by atoms with Gasteiger partial charge in [0.25, 0.3) is 0 Å². The smallest absolute Gasteiger partial charge is 0.210 e. The van der Waals surface area contributed by atoms with Crippen LogP contribution in [0.3, 0.4) is 0 Å². The molecule has 0 N–H and O–H groups in total. The lowest BCUT2D eigenvalue weighted by Crippen LogP contribution is -2.23. The molecule has 0 saturated heterocycles. The average molecular weight is 261 g/mol. The summed E-state index contributed by atoms with van der Waals surface area (Å²) in [4.78, 5) is 11.8. The molecule has 1 heterocycles. The van der Waals surface area contributed by atoms with E-state index in [2.05, 4.69) is 21.0 Å². The molecule has 0 radical (unpaired) electrons. The van der Waals surface area contributed by atoms with Gasteiger partial charge in [-0.05, 0) is 29.8 Å². The number of aryl methyl sites for hydroxylation is 1. The highest BCUT2D eigenvalue weighted by atomic mass is 79.9. The van der Waals surface area contributed by atoms with Crippen molar-refractivity contribution >= 4 is 21.7 Å². The number of nitrogens with zero attached hydrogens (tertiary/aromatic N) is 2. The minimum Gasteiger partial charge on any atom is -0.371 e. The Morgan fingerprint density at radius 3 is 2.86 bits per heavy atom. The maximum absolute atomic E-state index is 11.8. The standard InChI is InChI=1S/C9H13BrN2O2/c1-4-14-6(2)9(13)8-7(10)5-11-12(8)3/h5-6H,4H2,1-3H3. The molecule has 1 atom stereocenters.